The maximum Gasteiger partial charge on any atom is 0.338 e. The highest BCUT2D eigenvalue weighted by Gasteiger charge is 2.38. The average Bonchev–Trinajstić information content (AvgIpc) is 3.04. The van der Waals surface area contributed by atoms with E-state index in [0.717, 1.165) is 11.0 Å². The highest BCUT2D eigenvalue weighted by Crippen LogP contribution is 2.42. The van der Waals surface area contributed by atoms with Gasteiger partial charge in [0.15, 0.2) is 0 Å². The fourth-order valence-electron chi connectivity index (χ4n) is 3.69. The molecule has 0 saturated heterocycles. The van der Waals surface area contributed by atoms with E-state index in [1.807, 2.05) is 28.8 Å². The minimum atomic E-state index is -0.744. The van der Waals surface area contributed by atoms with Gasteiger partial charge in [-0.15, -0.1) is 0 Å². The molecule has 1 aliphatic heterocycles. The molecule has 0 saturated carbocycles. The van der Waals surface area contributed by atoms with Crippen LogP contribution in [0.15, 0.2) is 59.8 Å². The van der Waals surface area contributed by atoms with Crippen molar-refractivity contribution >= 4 is 28.6 Å². The van der Waals surface area contributed by atoms with Crippen LogP contribution in [0.4, 0.5) is 11.6 Å². The molecule has 0 radical (unpaired) electrons. The number of esters is 1. The number of imidazole rings is 1. The number of nitro benzene ring substituents is 1. The van der Waals surface area contributed by atoms with Crippen LogP contribution in [0.2, 0.25) is 0 Å². The second-order valence-corrected chi connectivity index (χ2v) is 7.13. The Bertz CT molecular complexity index is 1160. The number of nitro groups is 1. The van der Waals surface area contributed by atoms with Gasteiger partial charge < -0.3 is 10.1 Å². The van der Waals surface area contributed by atoms with Crippen molar-refractivity contribution in [3.05, 3.63) is 75.5 Å². The summed E-state index contributed by atoms with van der Waals surface area (Å²) in [5, 5.41) is 14.9. The predicted molar refractivity (Wildman–Crippen MR) is 109 cm³/mol. The first-order chi connectivity index (χ1) is 13.9. The summed E-state index contributed by atoms with van der Waals surface area (Å²) in [6, 6.07) is 13.2. The number of ether oxygens (including phenoxy) is 1. The molecule has 0 spiro atoms. The van der Waals surface area contributed by atoms with E-state index in [9.17, 15) is 14.9 Å². The molecule has 1 aliphatic rings. The van der Waals surface area contributed by atoms with Gasteiger partial charge in [0.25, 0.3) is 5.69 Å². The molecule has 1 atom stereocenters. The summed E-state index contributed by atoms with van der Waals surface area (Å²) in [6.45, 7) is 5.28. The van der Waals surface area contributed by atoms with E-state index < -0.39 is 16.9 Å². The van der Waals surface area contributed by atoms with Crippen molar-refractivity contribution in [2.45, 2.75) is 32.9 Å². The summed E-state index contributed by atoms with van der Waals surface area (Å²) in [5.74, 6) is 0.00419. The third-order valence-corrected chi connectivity index (χ3v) is 4.82. The third-order valence-electron chi connectivity index (χ3n) is 4.82. The minimum absolute atomic E-state index is 0.0641. The van der Waals surface area contributed by atoms with Gasteiger partial charge in [-0.2, -0.15) is 0 Å². The lowest BCUT2D eigenvalue weighted by atomic mass is 9.93. The largest absolute Gasteiger partial charge is 0.459 e. The first kappa shape index (κ1) is 18.7. The second kappa shape index (κ2) is 7.05. The van der Waals surface area contributed by atoms with Crippen LogP contribution in [0.3, 0.4) is 0 Å². The molecule has 0 bridgehead atoms. The number of hydrogen-bond donors (Lipinski definition) is 1. The average molecular weight is 392 g/mol. The van der Waals surface area contributed by atoms with Crippen molar-refractivity contribution in [2.24, 2.45) is 0 Å². The molecule has 0 amide bonds. The zero-order chi connectivity index (χ0) is 20.7. The molecule has 3 aromatic rings. The summed E-state index contributed by atoms with van der Waals surface area (Å²) in [5.41, 5.74) is 2.71. The number of carbonyl (C=O) groups excluding carboxylic acids is 1. The number of allylic oxidation sites excluding steroid dienone is 1. The Kier molecular flexibility index (Phi) is 4.54. The Labute approximate surface area is 167 Å². The summed E-state index contributed by atoms with van der Waals surface area (Å²) in [4.78, 5) is 28.9. The topological polar surface area (TPSA) is 99.3 Å². The van der Waals surface area contributed by atoms with E-state index in [1.54, 1.807) is 39.0 Å². The fraction of sp³-hybridized carbons (Fsp3) is 0.238. The number of fused-ring (bicyclic) bond motifs is 3. The van der Waals surface area contributed by atoms with Crippen molar-refractivity contribution in [1.82, 2.24) is 9.55 Å². The van der Waals surface area contributed by atoms with Gasteiger partial charge in [0.05, 0.1) is 33.2 Å². The number of hydrogen-bond acceptors (Lipinski definition) is 6. The fourth-order valence-corrected chi connectivity index (χ4v) is 3.69. The van der Waals surface area contributed by atoms with E-state index in [-0.39, 0.29) is 11.8 Å². The molecule has 1 aromatic heterocycles. The SMILES string of the molecule is CC1=C(C(=O)OC(C)C)C(c2ccccc2[N+](=O)[O-])n2c(nc3ccccc32)N1. The van der Waals surface area contributed by atoms with Crippen LogP contribution >= 0.6 is 0 Å². The second-order valence-electron chi connectivity index (χ2n) is 7.13. The Morgan fingerprint density at radius 3 is 2.62 bits per heavy atom. The lowest BCUT2D eigenvalue weighted by molar-refractivity contribution is -0.385. The highest BCUT2D eigenvalue weighted by molar-refractivity contribution is 5.94. The van der Waals surface area contributed by atoms with E-state index >= 15 is 0 Å². The number of benzene rings is 2. The minimum Gasteiger partial charge on any atom is -0.459 e. The van der Waals surface area contributed by atoms with Crippen molar-refractivity contribution in [2.75, 3.05) is 5.32 Å². The number of anilines is 1. The summed E-state index contributed by atoms with van der Waals surface area (Å²) in [7, 11) is 0. The molecule has 2 aromatic carbocycles. The molecule has 8 heteroatoms. The van der Waals surface area contributed by atoms with E-state index in [0.29, 0.717) is 22.8 Å². The molecular formula is C21H20N4O4. The Morgan fingerprint density at radius 2 is 1.90 bits per heavy atom. The molecule has 4 rings (SSSR count). The number of rotatable bonds is 4. The number of para-hydroxylation sites is 3. The summed E-state index contributed by atoms with van der Waals surface area (Å²) >= 11 is 0. The smallest absolute Gasteiger partial charge is 0.338 e. The lowest BCUT2D eigenvalue weighted by Gasteiger charge is -2.30. The monoisotopic (exact) mass is 392 g/mol. The van der Waals surface area contributed by atoms with Gasteiger partial charge in [-0.25, -0.2) is 9.78 Å². The van der Waals surface area contributed by atoms with Crippen molar-refractivity contribution in [1.29, 1.82) is 0 Å². The molecule has 2 heterocycles. The standard InChI is InChI=1S/C21H20N4O4/c1-12(2)29-20(26)18-13(3)22-21-23-15-9-5-7-11-17(15)24(21)19(18)14-8-4-6-10-16(14)25(27)28/h4-12,19H,1-3H3,(H,22,23). The van der Waals surface area contributed by atoms with Crippen LogP contribution < -0.4 is 5.32 Å². The van der Waals surface area contributed by atoms with E-state index in [1.165, 1.54) is 6.07 Å². The van der Waals surface area contributed by atoms with Crippen molar-refractivity contribution in [3.63, 3.8) is 0 Å². The van der Waals surface area contributed by atoms with E-state index in [2.05, 4.69) is 10.3 Å². The van der Waals surface area contributed by atoms with Gasteiger partial charge >= 0.3 is 5.97 Å². The van der Waals surface area contributed by atoms with Crippen LogP contribution in [0.5, 0.6) is 0 Å². The number of aromatic nitrogens is 2. The van der Waals surface area contributed by atoms with Gasteiger partial charge in [-0.1, -0.05) is 24.3 Å². The molecule has 29 heavy (non-hydrogen) atoms. The summed E-state index contributed by atoms with van der Waals surface area (Å²) < 4.78 is 7.30. The van der Waals surface area contributed by atoms with Gasteiger partial charge in [0, 0.05) is 11.8 Å². The van der Waals surface area contributed by atoms with Gasteiger partial charge in [-0.05, 0) is 39.0 Å². The zero-order valence-corrected chi connectivity index (χ0v) is 16.2. The highest BCUT2D eigenvalue weighted by atomic mass is 16.6. The third kappa shape index (κ3) is 3.12. The van der Waals surface area contributed by atoms with Crippen LogP contribution in [0, 0.1) is 10.1 Å². The van der Waals surface area contributed by atoms with Gasteiger partial charge in [0.1, 0.15) is 6.04 Å². The summed E-state index contributed by atoms with van der Waals surface area (Å²) in [6.07, 6.45) is -0.324. The molecule has 148 valence electrons. The Hall–Kier alpha value is -3.68. The molecular weight excluding hydrogens is 372 g/mol. The normalized spacial score (nSPS) is 15.9. The van der Waals surface area contributed by atoms with E-state index in [4.69, 9.17) is 4.74 Å². The van der Waals surface area contributed by atoms with Crippen LogP contribution in [0.1, 0.15) is 32.4 Å². The number of nitrogens with one attached hydrogen (secondary N) is 1. The number of carbonyl (C=O) groups is 1. The van der Waals surface area contributed by atoms with Crippen LogP contribution in [-0.4, -0.2) is 26.5 Å². The van der Waals surface area contributed by atoms with Gasteiger partial charge in [-0.3, -0.25) is 14.7 Å². The maximum absolute atomic E-state index is 13.0. The van der Waals surface area contributed by atoms with Crippen LogP contribution in [-0.2, 0) is 9.53 Å². The quantitative estimate of drug-likeness (QED) is 0.406. The first-order valence-corrected chi connectivity index (χ1v) is 9.27. The zero-order valence-electron chi connectivity index (χ0n) is 16.2. The van der Waals surface area contributed by atoms with Gasteiger partial charge in [0.2, 0.25) is 5.95 Å². The Balaban J connectivity index is 2.02. The molecule has 1 N–H and O–H groups in total. The Morgan fingerprint density at radius 1 is 1.21 bits per heavy atom. The lowest BCUT2D eigenvalue weighted by Crippen LogP contribution is -2.30. The molecule has 8 nitrogen and oxygen atoms in total. The first-order valence-electron chi connectivity index (χ1n) is 9.27. The molecule has 1 unspecified atom stereocenters. The van der Waals surface area contributed by atoms with Crippen molar-refractivity contribution < 1.29 is 14.5 Å². The van der Waals surface area contributed by atoms with Crippen LogP contribution in [0.25, 0.3) is 11.0 Å². The van der Waals surface area contributed by atoms with Crippen molar-refractivity contribution in [3.8, 4) is 0 Å². The molecule has 0 aliphatic carbocycles. The maximum atomic E-state index is 13.0. The molecule has 0 fully saturated rings. The number of nitrogens with zero attached hydrogens (tertiary/aromatic N) is 3. The predicted octanol–water partition coefficient (Wildman–Crippen LogP) is 4.19.